The maximum Gasteiger partial charge on any atom is -0.0134 e. The molecule has 0 nitrogen and oxygen atoms in total. The van der Waals surface area contributed by atoms with Gasteiger partial charge in [-0.25, -0.2) is 0 Å². The zero-order valence-electron chi connectivity index (χ0n) is 17.1. The van der Waals surface area contributed by atoms with Crippen molar-refractivity contribution in [2.45, 2.75) is 105 Å². The molecule has 0 amide bonds. The second kappa shape index (κ2) is 12.6. The van der Waals surface area contributed by atoms with Crippen LogP contribution in [-0.2, 0) is 6.42 Å². The second-order valence-corrected chi connectivity index (χ2v) is 7.75. The Hall–Kier alpha value is -0.780. The number of rotatable bonds is 13. The topological polar surface area (TPSA) is 0 Å². The molecule has 0 radical (unpaired) electrons. The van der Waals surface area contributed by atoms with Gasteiger partial charge >= 0.3 is 0 Å². The van der Waals surface area contributed by atoms with E-state index in [9.17, 15) is 0 Å². The quantitative estimate of drug-likeness (QED) is 0.320. The van der Waals surface area contributed by atoms with E-state index in [2.05, 4.69) is 58.9 Å². The van der Waals surface area contributed by atoms with E-state index in [0.29, 0.717) is 0 Å². The molecular formula is C24H42. The molecule has 0 N–H and O–H groups in total. The van der Waals surface area contributed by atoms with E-state index in [1.165, 1.54) is 63.4 Å². The summed E-state index contributed by atoms with van der Waals surface area (Å²) < 4.78 is 0. The molecule has 0 saturated carbocycles. The molecule has 1 aromatic carbocycles. The first-order valence-electron chi connectivity index (χ1n) is 10.8. The summed E-state index contributed by atoms with van der Waals surface area (Å²) >= 11 is 0. The Labute approximate surface area is 152 Å². The van der Waals surface area contributed by atoms with Crippen molar-refractivity contribution in [3.05, 3.63) is 35.4 Å². The number of unbranched alkanes of at least 4 members (excludes halogenated alkanes) is 3. The van der Waals surface area contributed by atoms with Gasteiger partial charge in [0.25, 0.3) is 0 Å². The van der Waals surface area contributed by atoms with Crippen LogP contribution in [0.15, 0.2) is 24.3 Å². The summed E-state index contributed by atoms with van der Waals surface area (Å²) in [4.78, 5) is 0. The van der Waals surface area contributed by atoms with Crippen molar-refractivity contribution in [3.8, 4) is 0 Å². The van der Waals surface area contributed by atoms with Crippen LogP contribution >= 0.6 is 0 Å². The third-order valence-electron chi connectivity index (χ3n) is 5.90. The SMILES string of the molecule is CCCCCC(c1ccc(CC)cc1)C(C)C(CCC)CCCC. The molecule has 0 aromatic heterocycles. The monoisotopic (exact) mass is 330 g/mol. The minimum absolute atomic E-state index is 0.746. The molecule has 0 aliphatic heterocycles. The van der Waals surface area contributed by atoms with Crippen molar-refractivity contribution in [1.29, 1.82) is 0 Å². The average Bonchev–Trinajstić information content (AvgIpc) is 2.62. The molecule has 0 heteroatoms. The highest BCUT2D eigenvalue weighted by molar-refractivity contribution is 5.26. The molecule has 0 aliphatic carbocycles. The van der Waals surface area contributed by atoms with Crippen LogP contribution in [0.1, 0.15) is 109 Å². The summed E-state index contributed by atoms with van der Waals surface area (Å²) in [5.74, 6) is 2.45. The van der Waals surface area contributed by atoms with Crippen LogP contribution < -0.4 is 0 Å². The Balaban J connectivity index is 2.91. The summed E-state index contributed by atoms with van der Waals surface area (Å²) in [7, 11) is 0. The molecule has 3 atom stereocenters. The Morgan fingerprint density at radius 2 is 1.38 bits per heavy atom. The zero-order valence-corrected chi connectivity index (χ0v) is 17.1. The largest absolute Gasteiger partial charge is 0.0654 e. The fraction of sp³-hybridized carbons (Fsp3) is 0.750. The molecule has 1 rings (SSSR count). The highest BCUT2D eigenvalue weighted by Gasteiger charge is 2.25. The molecule has 0 bridgehead atoms. The summed E-state index contributed by atoms with van der Waals surface area (Å²) in [6.07, 6.45) is 13.5. The highest BCUT2D eigenvalue weighted by Crippen LogP contribution is 2.38. The molecule has 0 heterocycles. The second-order valence-electron chi connectivity index (χ2n) is 7.75. The van der Waals surface area contributed by atoms with E-state index in [1.807, 2.05) is 0 Å². The van der Waals surface area contributed by atoms with E-state index in [-0.39, 0.29) is 0 Å². The van der Waals surface area contributed by atoms with Gasteiger partial charge in [-0.3, -0.25) is 0 Å². The molecular weight excluding hydrogens is 288 g/mol. The fourth-order valence-corrected chi connectivity index (χ4v) is 4.18. The predicted molar refractivity (Wildman–Crippen MR) is 110 cm³/mol. The Morgan fingerprint density at radius 3 is 1.92 bits per heavy atom. The number of benzene rings is 1. The molecule has 138 valence electrons. The van der Waals surface area contributed by atoms with Gasteiger partial charge in [0.1, 0.15) is 0 Å². The van der Waals surface area contributed by atoms with Gasteiger partial charge in [-0.15, -0.1) is 0 Å². The maximum absolute atomic E-state index is 2.54. The van der Waals surface area contributed by atoms with Crippen LogP contribution in [0.5, 0.6) is 0 Å². The number of aryl methyl sites for hydroxylation is 1. The maximum atomic E-state index is 2.54. The predicted octanol–water partition coefficient (Wildman–Crippen LogP) is 8.16. The smallest absolute Gasteiger partial charge is 0.0134 e. The Morgan fingerprint density at radius 1 is 0.708 bits per heavy atom. The summed E-state index contributed by atoms with van der Waals surface area (Å²) in [5.41, 5.74) is 3.06. The van der Waals surface area contributed by atoms with Gasteiger partial charge in [0.2, 0.25) is 0 Å². The van der Waals surface area contributed by atoms with Gasteiger partial charge in [0.05, 0.1) is 0 Å². The molecule has 0 saturated heterocycles. The van der Waals surface area contributed by atoms with Gasteiger partial charge < -0.3 is 0 Å². The van der Waals surface area contributed by atoms with Crippen molar-refractivity contribution in [3.63, 3.8) is 0 Å². The van der Waals surface area contributed by atoms with Crippen molar-refractivity contribution in [1.82, 2.24) is 0 Å². The highest BCUT2D eigenvalue weighted by atomic mass is 14.3. The zero-order chi connectivity index (χ0) is 17.8. The van der Waals surface area contributed by atoms with Crippen molar-refractivity contribution < 1.29 is 0 Å². The number of hydrogen-bond donors (Lipinski definition) is 0. The van der Waals surface area contributed by atoms with Crippen molar-refractivity contribution >= 4 is 0 Å². The van der Waals surface area contributed by atoms with E-state index in [1.54, 1.807) is 5.56 Å². The van der Waals surface area contributed by atoms with Crippen LogP contribution in [0, 0.1) is 11.8 Å². The van der Waals surface area contributed by atoms with Crippen molar-refractivity contribution in [2.75, 3.05) is 0 Å². The van der Waals surface area contributed by atoms with Crippen LogP contribution in [0.25, 0.3) is 0 Å². The van der Waals surface area contributed by atoms with E-state index in [0.717, 1.165) is 24.2 Å². The van der Waals surface area contributed by atoms with E-state index < -0.39 is 0 Å². The molecule has 24 heavy (non-hydrogen) atoms. The third kappa shape index (κ3) is 6.99. The number of hydrogen-bond acceptors (Lipinski definition) is 0. The van der Waals surface area contributed by atoms with Crippen LogP contribution in [-0.4, -0.2) is 0 Å². The molecule has 0 spiro atoms. The molecule has 3 unspecified atom stereocenters. The first-order chi connectivity index (χ1) is 11.7. The third-order valence-corrected chi connectivity index (χ3v) is 5.90. The minimum atomic E-state index is 0.746. The lowest BCUT2D eigenvalue weighted by Gasteiger charge is -2.32. The lowest BCUT2D eigenvalue weighted by atomic mass is 9.73. The Kier molecular flexibility index (Phi) is 11.1. The minimum Gasteiger partial charge on any atom is -0.0654 e. The van der Waals surface area contributed by atoms with Gasteiger partial charge in [-0.2, -0.15) is 0 Å². The van der Waals surface area contributed by atoms with Crippen LogP contribution in [0.2, 0.25) is 0 Å². The van der Waals surface area contributed by atoms with Gasteiger partial charge in [-0.1, -0.05) is 110 Å². The molecule has 1 aromatic rings. The Bertz CT molecular complexity index is 403. The first-order valence-corrected chi connectivity index (χ1v) is 10.8. The van der Waals surface area contributed by atoms with Crippen LogP contribution in [0.4, 0.5) is 0 Å². The summed E-state index contributed by atoms with van der Waals surface area (Å²) in [6.45, 7) is 11.8. The summed E-state index contributed by atoms with van der Waals surface area (Å²) in [5, 5.41) is 0. The van der Waals surface area contributed by atoms with Crippen molar-refractivity contribution in [2.24, 2.45) is 11.8 Å². The lowest BCUT2D eigenvalue weighted by Crippen LogP contribution is -2.20. The lowest BCUT2D eigenvalue weighted by molar-refractivity contribution is 0.252. The van der Waals surface area contributed by atoms with E-state index in [4.69, 9.17) is 0 Å². The first kappa shape index (κ1) is 21.3. The standard InChI is InChI=1S/C24H42/c1-6-10-12-15-24(23-18-16-21(9-4)17-19-23)20(5)22(13-8-3)14-11-7-2/h16-20,22,24H,6-15H2,1-5H3. The molecule has 0 fully saturated rings. The summed E-state index contributed by atoms with van der Waals surface area (Å²) in [6, 6.07) is 9.56. The van der Waals surface area contributed by atoms with Gasteiger partial charge in [0, 0.05) is 0 Å². The van der Waals surface area contributed by atoms with Gasteiger partial charge in [0.15, 0.2) is 0 Å². The fourth-order valence-electron chi connectivity index (χ4n) is 4.18. The normalized spacial score (nSPS) is 15.2. The van der Waals surface area contributed by atoms with Gasteiger partial charge in [-0.05, 0) is 41.7 Å². The van der Waals surface area contributed by atoms with Crippen LogP contribution in [0.3, 0.4) is 0 Å². The molecule has 0 aliphatic rings. The van der Waals surface area contributed by atoms with E-state index >= 15 is 0 Å². The average molecular weight is 331 g/mol.